The molecule has 0 spiro atoms. The van der Waals surface area contributed by atoms with E-state index in [1.807, 2.05) is 63.7 Å². The first-order chi connectivity index (χ1) is 22.3. The van der Waals surface area contributed by atoms with Gasteiger partial charge in [-0.05, 0) is 93.5 Å². The van der Waals surface area contributed by atoms with Gasteiger partial charge in [-0.15, -0.1) is 0 Å². The molecule has 246 valence electrons. The van der Waals surface area contributed by atoms with E-state index in [0.717, 1.165) is 60.9 Å². The molecule has 6 rings (SSSR count). The van der Waals surface area contributed by atoms with Crippen LogP contribution < -0.4 is 4.74 Å². The van der Waals surface area contributed by atoms with Crippen LogP contribution in [0.1, 0.15) is 68.2 Å². The number of carboxylic acids is 1. The zero-order chi connectivity index (χ0) is 33.7. The first kappa shape index (κ1) is 32.7. The maximum Gasteiger partial charge on any atom is 0.371 e. The first-order valence-corrected chi connectivity index (χ1v) is 16.5. The van der Waals surface area contributed by atoms with Gasteiger partial charge < -0.3 is 23.7 Å². The molecule has 0 fully saturated rings. The van der Waals surface area contributed by atoms with E-state index in [2.05, 4.69) is 16.6 Å². The van der Waals surface area contributed by atoms with Gasteiger partial charge in [0.15, 0.2) is 0 Å². The number of ether oxygens (including phenoxy) is 1. The lowest BCUT2D eigenvalue weighted by Crippen LogP contribution is -2.33. The Kier molecular flexibility index (Phi) is 8.89. The maximum atomic E-state index is 14.6. The standard InChI is InChI=1S/C36H38Cl2N4O5/c1-19-16-41(18-24-9-12-29(47-24)36(44)45)35(43)34-26(8-7-13-46-25-14-20(2)32(38)21(3)15-25)27-10-11-28(37)31(33(27)42(34)17-19)30-22(4)39-40(6)23(30)5/h9-12,14-15,19H,7-8,13,16-18H2,1-6H3,(H,44,45). The number of furan rings is 1. The van der Waals surface area contributed by atoms with Gasteiger partial charge in [0.1, 0.15) is 17.2 Å². The van der Waals surface area contributed by atoms with Gasteiger partial charge in [0.2, 0.25) is 5.76 Å². The van der Waals surface area contributed by atoms with E-state index in [0.29, 0.717) is 49.0 Å². The molecule has 1 unspecified atom stereocenters. The zero-order valence-corrected chi connectivity index (χ0v) is 28.9. The first-order valence-electron chi connectivity index (χ1n) is 15.7. The second kappa shape index (κ2) is 12.8. The van der Waals surface area contributed by atoms with Crippen molar-refractivity contribution in [3.8, 4) is 16.9 Å². The van der Waals surface area contributed by atoms with Crippen molar-refractivity contribution in [2.45, 2.75) is 60.5 Å². The minimum atomic E-state index is -1.15. The highest BCUT2D eigenvalue weighted by Crippen LogP contribution is 2.43. The predicted octanol–water partition coefficient (Wildman–Crippen LogP) is 8.18. The summed E-state index contributed by atoms with van der Waals surface area (Å²) in [7, 11) is 1.92. The molecule has 0 aliphatic carbocycles. The number of carbonyl (C=O) groups excluding carboxylic acids is 1. The smallest absolute Gasteiger partial charge is 0.371 e. The SMILES string of the molecule is Cc1cc(OCCCc2c3n(c4c(-c5c(C)nn(C)c5C)c(Cl)ccc24)CC(C)CN(Cc2ccc(C(=O)O)o2)C3=O)cc(C)c1Cl. The number of rotatable bonds is 9. The third-order valence-electron chi connectivity index (χ3n) is 9.02. The number of hydrogen-bond acceptors (Lipinski definition) is 5. The number of aromatic carboxylic acids is 1. The largest absolute Gasteiger partial charge is 0.494 e. The highest BCUT2D eigenvalue weighted by Gasteiger charge is 2.34. The van der Waals surface area contributed by atoms with E-state index < -0.39 is 5.97 Å². The molecule has 1 amide bonds. The van der Waals surface area contributed by atoms with E-state index in [4.69, 9.17) is 32.4 Å². The van der Waals surface area contributed by atoms with E-state index in [-0.39, 0.29) is 24.1 Å². The summed E-state index contributed by atoms with van der Waals surface area (Å²) in [5.41, 5.74) is 8.05. The summed E-state index contributed by atoms with van der Waals surface area (Å²) in [6.45, 7) is 11.7. The number of hydrogen-bond donors (Lipinski definition) is 1. The number of benzene rings is 2. The van der Waals surface area contributed by atoms with Gasteiger partial charge in [0.25, 0.3) is 5.91 Å². The molecule has 1 atom stereocenters. The number of aryl methyl sites for hydroxylation is 5. The summed E-state index contributed by atoms with van der Waals surface area (Å²) in [6.07, 6.45) is 1.26. The van der Waals surface area contributed by atoms with Crippen LogP contribution in [-0.4, -0.2) is 49.4 Å². The van der Waals surface area contributed by atoms with Crippen molar-refractivity contribution in [3.05, 3.63) is 91.7 Å². The number of carbonyl (C=O) groups is 2. The molecule has 0 saturated heterocycles. The van der Waals surface area contributed by atoms with Crippen molar-refractivity contribution in [2.75, 3.05) is 13.2 Å². The number of amides is 1. The Hall–Kier alpha value is -4.21. The highest BCUT2D eigenvalue weighted by molar-refractivity contribution is 6.35. The van der Waals surface area contributed by atoms with Gasteiger partial charge in [0, 0.05) is 47.4 Å². The minimum absolute atomic E-state index is 0.0835. The van der Waals surface area contributed by atoms with Gasteiger partial charge in [-0.3, -0.25) is 9.48 Å². The number of aromatic nitrogens is 3. The summed E-state index contributed by atoms with van der Waals surface area (Å²) in [4.78, 5) is 27.8. The van der Waals surface area contributed by atoms with Gasteiger partial charge >= 0.3 is 5.97 Å². The molecule has 3 aromatic heterocycles. The Morgan fingerprint density at radius 1 is 1.06 bits per heavy atom. The Bertz CT molecular complexity index is 2020. The molecule has 1 N–H and O–H groups in total. The molecular weight excluding hydrogens is 639 g/mol. The van der Waals surface area contributed by atoms with Crippen LogP contribution in [0.5, 0.6) is 5.75 Å². The monoisotopic (exact) mass is 676 g/mol. The third kappa shape index (κ3) is 6.03. The van der Waals surface area contributed by atoms with Crippen molar-refractivity contribution in [1.29, 1.82) is 0 Å². The molecule has 47 heavy (non-hydrogen) atoms. The van der Waals surface area contributed by atoms with Crippen LogP contribution in [0.2, 0.25) is 10.0 Å². The summed E-state index contributed by atoms with van der Waals surface area (Å²) >= 11 is 13.4. The molecule has 1 aliphatic heterocycles. The second-order valence-corrected chi connectivity index (χ2v) is 13.4. The second-order valence-electron chi connectivity index (χ2n) is 12.6. The van der Waals surface area contributed by atoms with Crippen LogP contribution in [0, 0.1) is 33.6 Å². The fraction of sp³-hybridized carbons (Fsp3) is 0.361. The number of halogens is 2. The molecule has 9 nitrogen and oxygen atoms in total. The molecule has 1 aliphatic rings. The molecule has 4 heterocycles. The van der Waals surface area contributed by atoms with E-state index in [9.17, 15) is 14.7 Å². The Labute approximate surface area is 283 Å². The lowest BCUT2D eigenvalue weighted by atomic mass is 9.98. The van der Waals surface area contributed by atoms with Crippen LogP contribution in [0.25, 0.3) is 22.0 Å². The molecule has 5 aromatic rings. The fourth-order valence-electron chi connectivity index (χ4n) is 6.86. The predicted molar refractivity (Wildman–Crippen MR) is 183 cm³/mol. The summed E-state index contributed by atoms with van der Waals surface area (Å²) < 4.78 is 15.7. The van der Waals surface area contributed by atoms with Gasteiger partial charge in [0.05, 0.1) is 29.4 Å². The van der Waals surface area contributed by atoms with E-state index in [1.165, 1.54) is 6.07 Å². The van der Waals surface area contributed by atoms with Crippen LogP contribution in [0.3, 0.4) is 0 Å². The lowest BCUT2D eigenvalue weighted by Gasteiger charge is -2.22. The molecule has 0 radical (unpaired) electrons. The van der Waals surface area contributed by atoms with Crippen LogP contribution in [0.4, 0.5) is 0 Å². The molecule has 11 heteroatoms. The Morgan fingerprint density at radius 2 is 1.79 bits per heavy atom. The van der Waals surface area contributed by atoms with Crippen LogP contribution >= 0.6 is 23.2 Å². The van der Waals surface area contributed by atoms with Crippen molar-refractivity contribution in [1.82, 2.24) is 19.2 Å². The molecule has 2 aromatic carbocycles. The van der Waals surface area contributed by atoms with Crippen LogP contribution in [-0.2, 0) is 26.6 Å². The van der Waals surface area contributed by atoms with Crippen LogP contribution in [0.15, 0.2) is 40.8 Å². The average molecular weight is 678 g/mol. The van der Waals surface area contributed by atoms with Gasteiger partial charge in [-0.1, -0.05) is 36.2 Å². The Morgan fingerprint density at radius 3 is 2.43 bits per heavy atom. The summed E-state index contributed by atoms with van der Waals surface area (Å²) in [5.74, 6) is -0.179. The lowest BCUT2D eigenvalue weighted by molar-refractivity contribution is 0.0655. The molecule has 0 bridgehead atoms. The van der Waals surface area contributed by atoms with Gasteiger partial charge in [-0.25, -0.2) is 4.79 Å². The maximum absolute atomic E-state index is 14.6. The number of fused-ring (bicyclic) bond motifs is 3. The number of carboxylic acid groups (broad SMARTS) is 1. The third-order valence-corrected chi connectivity index (χ3v) is 9.93. The fourth-order valence-corrected chi connectivity index (χ4v) is 7.21. The molecular formula is C36H38Cl2N4O5. The highest BCUT2D eigenvalue weighted by atomic mass is 35.5. The summed E-state index contributed by atoms with van der Waals surface area (Å²) in [6, 6.07) is 10.8. The summed E-state index contributed by atoms with van der Waals surface area (Å²) in [5, 5.41) is 16.4. The van der Waals surface area contributed by atoms with Gasteiger partial charge in [-0.2, -0.15) is 5.10 Å². The molecule has 0 saturated carbocycles. The zero-order valence-electron chi connectivity index (χ0n) is 27.4. The van der Waals surface area contributed by atoms with Crippen molar-refractivity contribution < 1.29 is 23.8 Å². The van der Waals surface area contributed by atoms with Crippen molar-refractivity contribution in [3.63, 3.8) is 0 Å². The van der Waals surface area contributed by atoms with E-state index >= 15 is 0 Å². The Balaban J connectivity index is 1.45. The quantitative estimate of drug-likeness (QED) is 0.158. The minimum Gasteiger partial charge on any atom is -0.494 e. The number of nitrogens with zero attached hydrogens (tertiary/aromatic N) is 4. The normalized spacial score (nSPS) is 14.9. The van der Waals surface area contributed by atoms with Crippen molar-refractivity contribution >= 4 is 46.0 Å². The average Bonchev–Trinajstić information content (AvgIpc) is 3.65. The topological polar surface area (TPSA) is 103 Å². The van der Waals surface area contributed by atoms with E-state index in [1.54, 1.807) is 11.0 Å². The van der Waals surface area contributed by atoms with Crippen molar-refractivity contribution in [2.24, 2.45) is 13.0 Å².